The minimum atomic E-state index is -3.80. The zero-order valence-corrected chi connectivity index (χ0v) is 12.2. The number of aliphatic hydroxyl groups excluding tert-OH is 1. The van der Waals surface area contributed by atoms with E-state index in [1.54, 1.807) is 0 Å². The van der Waals surface area contributed by atoms with E-state index >= 15 is 0 Å². The lowest BCUT2D eigenvalue weighted by molar-refractivity contribution is 0.0690. The first-order chi connectivity index (χ1) is 9.30. The molecule has 0 aromatic carbocycles. The maximum absolute atomic E-state index is 12.7. The highest BCUT2D eigenvalue weighted by molar-refractivity contribution is 7.89. The molecular weight excluding hydrogens is 284 g/mol. The summed E-state index contributed by atoms with van der Waals surface area (Å²) in [5, 5.41) is 18.3. The van der Waals surface area contributed by atoms with Crippen molar-refractivity contribution >= 4 is 16.0 Å². The molecule has 1 fully saturated rings. The molecule has 0 bridgehead atoms. The fourth-order valence-corrected chi connectivity index (χ4v) is 4.85. The Labute approximate surface area is 117 Å². The highest BCUT2D eigenvalue weighted by atomic mass is 32.2. The largest absolute Gasteiger partial charge is 0.477 e. The number of hydrogen-bond acceptors (Lipinski definition) is 4. The van der Waals surface area contributed by atoms with Crippen LogP contribution < -0.4 is 0 Å². The molecule has 1 aliphatic rings. The number of carboxylic acids is 1. The fourth-order valence-electron chi connectivity index (χ4n) is 2.76. The van der Waals surface area contributed by atoms with Crippen LogP contribution in [0.1, 0.15) is 34.6 Å². The molecular formula is C12H18N2O5S. The molecule has 2 rings (SSSR count). The molecule has 1 atom stereocenters. The second-order valence-electron chi connectivity index (χ2n) is 4.98. The molecule has 1 aliphatic heterocycles. The van der Waals surface area contributed by atoms with Crippen molar-refractivity contribution in [3.63, 3.8) is 0 Å². The molecule has 1 aromatic heterocycles. The van der Waals surface area contributed by atoms with Gasteiger partial charge in [-0.1, -0.05) is 0 Å². The van der Waals surface area contributed by atoms with Crippen molar-refractivity contribution in [3.05, 3.63) is 17.0 Å². The maximum Gasteiger partial charge on any atom is 0.352 e. The van der Waals surface area contributed by atoms with Crippen LogP contribution in [-0.4, -0.2) is 53.1 Å². The van der Waals surface area contributed by atoms with E-state index in [4.69, 9.17) is 5.11 Å². The molecule has 0 aliphatic carbocycles. The Morgan fingerprint density at radius 3 is 2.60 bits per heavy atom. The van der Waals surface area contributed by atoms with Crippen LogP contribution in [0.5, 0.6) is 0 Å². The number of aryl methyl sites for hydroxylation is 1. The van der Waals surface area contributed by atoms with Gasteiger partial charge in [0.15, 0.2) is 0 Å². The first kappa shape index (κ1) is 15.0. The summed E-state index contributed by atoms with van der Waals surface area (Å²) in [7, 11) is -3.80. The second-order valence-corrected chi connectivity index (χ2v) is 6.81. The SMILES string of the molecule is Cc1[nH]c(C(=O)O)c(C)c1S(=O)(=O)N1CCCC1CO. The van der Waals surface area contributed by atoms with Crippen molar-refractivity contribution in [2.24, 2.45) is 0 Å². The van der Waals surface area contributed by atoms with Crippen LogP contribution in [0.3, 0.4) is 0 Å². The molecule has 0 saturated carbocycles. The normalized spacial score (nSPS) is 20.4. The zero-order valence-electron chi connectivity index (χ0n) is 11.4. The number of carbonyl (C=O) groups is 1. The molecule has 1 aromatic rings. The summed E-state index contributed by atoms with van der Waals surface area (Å²) in [5.74, 6) is -1.19. The number of sulfonamides is 1. The second kappa shape index (κ2) is 5.19. The Hall–Kier alpha value is -1.38. The van der Waals surface area contributed by atoms with Gasteiger partial charge in [0.1, 0.15) is 10.6 Å². The van der Waals surface area contributed by atoms with Gasteiger partial charge >= 0.3 is 5.97 Å². The molecule has 1 unspecified atom stereocenters. The first-order valence-corrected chi connectivity index (χ1v) is 7.79. The number of nitrogens with zero attached hydrogens (tertiary/aromatic N) is 1. The molecule has 2 heterocycles. The summed E-state index contributed by atoms with van der Waals surface area (Å²) < 4.78 is 26.6. The van der Waals surface area contributed by atoms with E-state index in [9.17, 15) is 18.3 Å². The van der Waals surface area contributed by atoms with Gasteiger partial charge in [-0.2, -0.15) is 4.31 Å². The minimum absolute atomic E-state index is 0.00949. The van der Waals surface area contributed by atoms with Gasteiger partial charge in [0, 0.05) is 23.8 Å². The van der Waals surface area contributed by atoms with E-state index in [0.717, 1.165) is 0 Å². The maximum atomic E-state index is 12.7. The van der Waals surface area contributed by atoms with E-state index in [0.29, 0.717) is 25.1 Å². The third-order valence-corrected chi connectivity index (χ3v) is 5.91. The molecule has 112 valence electrons. The number of nitrogens with one attached hydrogen (secondary N) is 1. The van der Waals surface area contributed by atoms with Crippen molar-refractivity contribution in [2.45, 2.75) is 37.6 Å². The first-order valence-electron chi connectivity index (χ1n) is 6.35. The van der Waals surface area contributed by atoms with Gasteiger partial charge in [0.25, 0.3) is 0 Å². The Balaban J connectivity index is 2.53. The van der Waals surface area contributed by atoms with E-state index in [2.05, 4.69) is 4.98 Å². The standard InChI is InChI=1S/C12H18N2O5S/c1-7-10(12(16)17)13-8(2)11(7)20(18,19)14-5-3-4-9(14)6-15/h9,13,15H,3-6H2,1-2H3,(H,16,17). The Kier molecular flexibility index (Phi) is 3.90. The molecule has 3 N–H and O–H groups in total. The Bertz CT molecular complexity index is 635. The van der Waals surface area contributed by atoms with Gasteiger partial charge in [-0.05, 0) is 26.7 Å². The number of rotatable bonds is 4. The third-order valence-electron chi connectivity index (χ3n) is 3.68. The van der Waals surface area contributed by atoms with Crippen molar-refractivity contribution in [1.29, 1.82) is 0 Å². The molecule has 20 heavy (non-hydrogen) atoms. The van der Waals surface area contributed by atoms with Gasteiger partial charge in [0.2, 0.25) is 10.0 Å². The summed E-state index contributed by atoms with van der Waals surface area (Å²) in [6.07, 6.45) is 1.31. The molecule has 8 heteroatoms. The Morgan fingerprint density at radius 1 is 1.45 bits per heavy atom. The lowest BCUT2D eigenvalue weighted by Crippen LogP contribution is -2.38. The van der Waals surface area contributed by atoms with Crippen LogP contribution in [0.2, 0.25) is 0 Å². The van der Waals surface area contributed by atoms with Crippen LogP contribution in [0.15, 0.2) is 4.90 Å². The number of aliphatic hydroxyl groups is 1. The molecule has 0 spiro atoms. The number of aromatic carboxylic acids is 1. The quantitative estimate of drug-likeness (QED) is 0.749. The van der Waals surface area contributed by atoms with E-state index < -0.39 is 22.0 Å². The third kappa shape index (κ3) is 2.23. The lowest BCUT2D eigenvalue weighted by Gasteiger charge is -2.22. The minimum Gasteiger partial charge on any atom is -0.477 e. The summed E-state index contributed by atoms with van der Waals surface area (Å²) in [4.78, 5) is 13.7. The van der Waals surface area contributed by atoms with Crippen molar-refractivity contribution in [3.8, 4) is 0 Å². The van der Waals surface area contributed by atoms with Crippen LogP contribution in [0.25, 0.3) is 0 Å². The van der Waals surface area contributed by atoms with Crippen molar-refractivity contribution in [1.82, 2.24) is 9.29 Å². The van der Waals surface area contributed by atoms with E-state index in [1.807, 2.05) is 0 Å². The summed E-state index contributed by atoms with van der Waals surface area (Å²) in [6.45, 7) is 3.13. The summed E-state index contributed by atoms with van der Waals surface area (Å²) in [6, 6.07) is -0.429. The fraction of sp³-hybridized carbons (Fsp3) is 0.583. The summed E-state index contributed by atoms with van der Waals surface area (Å²) in [5.41, 5.74) is 0.405. The average molecular weight is 302 g/mol. The Morgan fingerprint density at radius 2 is 2.10 bits per heavy atom. The highest BCUT2D eigenvalue weighted by Gasteiger charge is 2.38. The average Bonchev–Trinajstić information content (AvgIpc) is 2.93. The molecule has 1 saturated heterocycles. The number of H-pyrrole nitrogens is 1. The molecule has 0 radical (unpaired) electrons. The predicted molar refractivity (Wildman–Crippen MR) is 71.2 cm³/mol. The monoisotopic (exact) mass is 302 g/mol. The van der Waals surface area contributed by atoms with Gasteiger partial charge in [-0.3, -0.25) is 0 Å². The van der Waals surface area contributed by atoms with E-state index in [-0.39, 0.29) is 22.8 Å². The number of aromatic amines is 1. The van der Waals surface area contributed by atoms with Crippen LogP contribution >= 0.6 is 0 Å². The topological polar surface area (TPSA) is 111 Å². The van der Waals surface area contributed by atoms with Gasteiger partial charge in [-0.15, -0.1) is 0 Å². The van der Waals surface area contributed by atoms with Gasteiger partial charge in [-0.25, -0.2) is 13.2 Å². The zero-order chi connectivity index (χ0) is 15.1. The van der Waals surface area contributed by atoms with Gasteiger partial charge < -0.3 is 15.2 Å². The van der Waals surface area contributed by atoms with E-state index in [1.165, 1.54) is 18.2 Å². The number of hydrogen-bond donors (Lipinski definition) is 3. The lowest BCUT2D eigenvalue weighted by atomic mass is 10.2. The predicted octanol–water partition coefficient (Wildman–Crippen LogP) is 0.475. The molecule has 0 amide bonds. The summed E-state index contributed by atoms with van der Waals surface area (Å²) >= 11 is 0. The van der Waals surface area contributed by atoms with Crippen LogP contribution in [0, 0.1) is 13.8 Å². The van der Waals surface area contributed by atoms with Crippen LogP contribution in [0.4, 0.5) is 0 Å². The van der Waals surface area contributed by atoms with Crippen molar-refractivity contribution < 1.29 is 23.4 Å². The molecule has 7 nitrogen and oxygen atoms in total. The van der Waals surface area contributed by atoms with Crippen molar-refractivity contribution in [2.75, 3.05) is 13.2 Å². The van der Waals surface area contributed by atoms with Gasteiger partial charge in [0.05, 0.1) is 6.61 Å². The number of carboxylic acid groups (broad SMARTS) is 1. The number of aromatic nitrogens is 1. The smallest absolute Gasteiger partial charge is 0.352 e. The van der Waals surface area contributed by atoms with Crippen LogP contribution in [-0.2, 0) is 10.0 Å². The highest BCUT2D eigenvalue weighted by Crippen LogP contribution is 2.31.